The Hall–Kier alpha value is -1.12. The quantitative estimate of drug-likeness (QED) is 0.873. The Kier molecular flexibility index (Phi) is 4.66. The number of benzene rings is 1. The van der Waals surface area contributed by atoms with Gasteiger partial charge in [-0.3, -0.25) is 4.55 Å². The molecule has 4 nitrogen and oxygen atoms in total. The fourth-order valence-electron chi connectivity index (χ4n) is 2.02. The molecule has 112 valence electrons. The normalized spacial score (nSPS) is 19.8. The Morgan fingerprint density at radius 2 is 1.75 bits per heavy atom. The average Bonchev–Trinajstić information content (AvgIpc) is 2.39. The van der Waals surface area contributed by atoms with Gasteiger partial charge in [0.15, 0.2) is 0 Å². The number of nitrogens with zero attached hydrogens (tertiary/aromatic N) is 1. The second-order valence-electron chi connectivity index (χ2n) is 4.50. The first kappa shape index (κ1) is 15.3. The maximum atomic E-state index is 12.4. The first-order valence-electron chi connectivity index (χ1n) is 6.06. The van der Waals surface area contributed by atoms with Gasteiger partial charge >= 0.3 is 6.18 Å². The summed E-state index contributed by atoms with van der Waals surface area (Å²) in [5.74, 6) is 0.376. The van der Waals surface area contributed by atoms with Crippen LogP contribution in [0.3, 0.4) is 0 Å². The van der Waals surface area contributed by atoms with Gasteiger partial charge in [0, 0.05) is 13.1 Å². The molecule has 1 aliphatic heterocycles. The minimum Gasteiger partial charge on any atom is -0.490 e. The highest BCUT2D eigenvalue weighted by Crippen LogP contribution is 2.30. The molecule has 1 atom stereocenters. The van der Waals surface area contributed by atoms with Crippen LogP contribution in [0, 0.1) is 0 Å². The topological polar surface area (TPSA) is 49.8 Å². The minimum atomic E-state index is -4.35. The molecule has 1 aliphatic rings. The molecule has 0 amide bonds. The molecule has 1 unspecified atom stereocenters. The molecule has 1 heterocycles. The third kappa shape index (κ3) is 3.94. The van der Waals surface area contributed by atoms with Crippen LogP contribution >= 0.6 is 0 Å². The van der Waals surface area contributed by atoms with Crippen molar-refractivity contribution in [3.05, 3.63) is 29.8 Å². The third-order valence-corrected chi connectivity index (χ3v) is 3.91. The smallest absolute Gasteiger partial charge is 0.416 e. The van der Waals surface area contributed by atoms with Crippen LogP contribution < -0.4 is 4.74 Å². The van der Waals surface area contributed by atoms with Gasteiger partial charge < -0.3 is 4.74 Å². The van der Waals surface area contributed by atoms with Crippen LogP contribution in [-0.4, -0.2) is 32.3 Å². The SMILES string of the molecule is O=S(O)N1CCC(Oc2ccc(C(F)(F)F)cc2)CC1. The molecular weight excluding hydrogens is 295 g/mol. The lowest BCUT2D eigenvalue weighted by Crippen LogP contribution is -2.38. The van der Waals surface area contributed by atoms with E-state index < -0.39 is 23.0 Å². The minimum absolute atomic E-state index is 0.147. The van der Waals surface area contributed by atoms with E-state index in [0.717, 1.165) is 12.1 Å². The molecule has 0 aliphatic carbocycles. The Balaban J connectivity index is 1.90. The largest absolute Gasteiger partial charge is 0.490 e. The monoisotopic (exact) mass is 309 g/mol. The average molecular weight is 309 g/mol. The van der Waals surface area contributed by atoms with Crippen LogP contribution in [0.2, 0.25) is 0 Å². The molecule has 1 N–H and O–H groups in total. The molecule has 8 heteroatoms. The number of hydrogen-bond donors (Lipinski definition) is 1. The van der Waals surface area contributed by atoms with Crippen molar-refractivity contribution in [3.63, 3.8) is 0 Å². The van der Waals surface area contributed by atoms with Crippen molar-refractivity contribution in [2.75, 3.05) is 13.1 Å². The van der Waals surface area contributed by atoms with Crippen molar-refractivity contribution in [1.29, 1.82) is 0 Å². The Labute approximate surface area is 116 Å². The fourth-order valence-corrected chi connectivity index (χ4v) is 2.54. The lowest BCUT2D eigenvalue weighted by molar-refractivity contribution is -0.137. The van der Waals surface area contributed by atoms with Crippen LogP contribution in [0.1, 0.15) is 18.4 Å². The number of hydrogen-bond acceptors (Lipinski definition) is 2. The summed E-state index contributed by atoms with van der Waals surface area (Å²) in [4.78, 5) is 0. The maximum absolute atomic E-state index is 12.4. The number of alkyl halides is 3. The number of piperidine rings is 1. The summed E-state index contributed by atoms with van der Waals surface area (Å²) >= 11 is -1.97. The lowest BCUT2D eigenvalue weighted by Gasteiger charge is -2.29. The Morgan fingerprint density at radius 3 is 2.20 bits per heavy atom. The number of rotatable bonds is 3. The Bertz CT molecular complexity index is 470. The first-order valence-corrected chi connectivity index (χ1v) is 7.12. The molecule has 1 fully saturated rings. The lowest BCUT2D eigenvalue weighted by atomic mass is 10.1. The van der Waals surface area contributed by atoms with Gasteiger partial charge in [0.25, 0.3) is 0 Å². The standard InChI is InChI=1S/C12H14F3NO3S/c13-12(14,15)9-1-3-10(4-2-9)19-11-5-7-16(8-6-11)20(17)18/h1-4,11H,5-8H2,(H,17,18). The van der Waals surface area contributed by atoms with Crippen molar-refractivity contribution >= 4 is 11.3 Å². The molecule has 0 bridgehead atoms. The number of halogens is 3. The molecular formula is C12H14F3NO3S. The zero-order valence-corrected chi connectivity index (χ0v) is 11.3. The third-order valence-electron chi connectivity index (χ3n) is 3.11. The summed E-state index contributed by atoms with van der Waals surface area (Å²) < 4.78 is 63.9. The molecule has 2 rings (SSSR count). The van der Waals surface area contributed by atoms with E-state index in [4.69, 9.17) is 9.29 Å². The van der Waals surface area contributed by atoms with Gasteiger partial charge in [-0.05, 0) is 37.1 Å². The van der Waals surface area contributed by atoms with Gasteiger partial charge in [0.05, 0.1) is 5.56 Å². The second-order valence-corrected chi connectivity index (χ2v) is 5.48. The molecule has 0 spiro atoms. The zero-order chi connectivity index (χ0) is 14.8. The van der Waals surface area contributed by atoms with Crippen molar-refractivity contribution in [2.45, 2.75) is 25.1 Å². The van der Waals surface area contributed by atoms with Gasteiger partial charge in [-0.2, -0.15) is 13.2 Å². The van der Waals surface area contributed by atoms with E-state index >= 15 is 0 Å². The van der Waals surface area contributed by atoms with Crippen LogP contribution in [0.25, 0.3) is 0 Å². The predicted octanol–water partition coefficient (Wildman–Crippen LogP) is 2.69. The van der Waals surface area contributed by atoms with E-state index in [2.05, 4.69) is 0 Å². The molecule has 0 saturated carbocycles. The first-order chi connectivity index (χ1) is 9.36. The summed E-state index contributed by atoms with van der Waals surface area (Å²) in [6.07, 6.45) is -3.37. The van der Waals surface area contributed by atoms with Crippen LogP contribution in [0.15, 0.2) is 24.3 Å². The van der Waals surface area contributed by atoms with Crippen molar-refractivity contribution < 1.29 is 26.7 Å². The molecule has 20 heavy (non-hydrogen) atoms. The predicted molar refractivity (Wildman–Crippen MR) is 67.4 cm³/mol. The highest BCUT2D eigenvalue weighted by atomic mass is 32.2. The van der Waals surface area contributed by atoms with E-state index in [9.17, 15) is 17.4 Å². The van der Waals surface area contributed by atoms with Crippen LogP contribution in [0.4, 0.5) is 13.2 Å². The van der Waals surface area contributed by atoms with E-state index in [-0.39, 0.29) is 6.10 Å². The zero-order valence-electron chi connectivity index (χ0n) is 10.5. The van der Waals surface area contributed by atoms with E-state index in [1.165, 1.54) is 16.4 Å². The number of ether oxygens (including phenoxy) is 1. The maximum Gasteiger partial charge on any atom is 0.416 e. The van der Waals surface area contributed by atoms with Gasteiger partial charge in [0.1, 0.15) is 11.9 Å². The van der Waals surface area contributed by atoms with Crippen LogP contribution in [-0.2, 0) is 17.4 Å². The highest BCUT2D eigenvalue weighted by molar-refractivity contribution is 7.76. The highest BCUT2D eigenvalue weighted by Gasteiger charge is 2.30. The van der Waals surface area contributed by atoms with Crippen molar-refractivity contribution in [3.8, 4) is 5.75 Å². The summed E-state index contributed by atoms with van der Waals surface area (Å²) in [6, 6.07) is 4.54. The van der Waals surface area contributed by atoms with Gasteiger partial charge in [0.2, 0.25) is 11.3 Å². The summed E-state index contributed by atoms with van der Waals surface area (Å²) in [6.45, 7) is 0.850. The van der Waals surface area contributed by atoms with Crippen molar-refractivity contribution in [2.24, 2.45) is 0 Å². The molecule has 0 radical (unpaired) electrons. The van der Waals surface area contributed by atoms with Gasteiger partial charge in [-0.25, -0.2) is 8.51 Å². The summed E-state index contributed by atoms with van der Waals surface area (Å²) in [5, 5.41) is 0. The van der Waals surface area contributed by atoms with E-state index in [0.29, 0.717) is 31.7 Å². The summed E-state index contributed by atoms with van der Waals surface area (Å²) in [7, 11) is 0. The fraction of sp³-hybridized carbons (Fsp3) is 0.500. The molecule has 0 aromatic heterocycles. The molecule has 1 saturated heterocycles. The second kappa shape index (κ2) is 6.11. The molecule has 1 aromatic carbocycles. The van der Waals surface area contributed by atoms with Crippen LogP contribution in [0.5, 0.6) is 5.75 Å². The molecule has 1 aromatic rings. The van der Waals surface area contributed by atoms with Gasteiger partial charge in [-0.1, -0.05) is 0 Å². The van der Waals surface area contributed by atoms with E-state index in [1.54, 1.807) is 0 Å². The van der Waals surface area contributed by atoms with E-state index in [1.807, 2.05) is 0 Å². The van der Waals surface area contributed by atoms with Gasteiger partial charge in [-0.15, -0.1) is 0 Å². The Morgan fingerprint density at radius 1 is 1.20 bits per heavy atom. The van der Waals surface area contributed by atoms with Crippen molar-refractivity contribution in [1.82, 2.24) is 4.31 Å². The summed E-state index contributed by atoms with van der Waals surface area (Å²) in [5.41, 5.74) is -0.713.